The van der Waals surface area contributed by atoms with E-state index in [1.807, 2.05) is 30.3 Å². The first-order valence-electron chi connectivity index (χ1n) is 11.2. The van der Waals surface area contributed by atoms with Crippen LogP contribution in [0, 0.1) is 0 Å². The van der Waals surface area contributed by atoms with E-state index in [1.165, 1.54) is 16.9 Å². The van der Waals surface area contributed by atoms with Gasteiger partial charge in [-0.3, -0.25) is 9.36 Å². The molecule has 3 aromatic rings. The maximum Gasteiger partial charge on any atom is 0.338 e. The van der Waals surface area contributed by atoms with E-state index in [1.54, 1.807) is 30.5 Å². The Morgan fingerprint density at radius 2 is 1.79 bits per heavy atom. The summed E-state index contributed by atoms with van der Waals surface area (Å²) in [6.07, 6.45) is 1.87. The van der Waals surface area contributed by atoms with Crippen molar-refractivity contribution in [3.8, 4) is 0 Å². The summed E-state index contributed by atoms with van der Waals surface area (Å²) in [5.74, 6) is -0.476. The molecule has 0 saturated carbocycles. The van der Waals surface area contributed by atoms with Gasteiger partial charge in [0.15, 0.2) is 4.80 Å². The summed E-state index contributed by atoms with van der Waals surface area (Å²) in [4.78, 5) is 31.7. The number of fused-ring (bicyclic) bond motifs is 1. The zero-order chi connectivity index (χ0) is 24.6. The molecule has 34 heavy (non-hydrogen) atoms. The highest BCUT2D eigenvalue weighted by molar-refractivity contribution is 7.07. The molecular formula is C27H27ClN2O3S. The molecule has 7 heteroatoms. The van der Waals surface area contributed by atoms with Crippen molar-refractivity contribution < 1.29 is 9.53 Å². The highest BCUT2D eigenvalue weighted by Crippen LogP contribution is 2.31. The zero-order valence-electron chi connectivity index (χ0n) is 19.9. The normalized spacial score (nSPS) is 16.3. The highest BCUT2D eigenvalue weighted by Gasteiger charge is 2.33. The van der Waals surface area contributed by atoms with Crippen molar-refractivity contribution in [3.63, 3.8) is 0 Å². The molecule has 0 N–H and O–H groups in total. The second kappa shape index (κ2) is 9.35. The first kappa shape index (κ1) is 24.2. The van der Waals surface area contributed by atoms with Crippen LogP contribution in [-0.4, -0.2) is 17.1 Å². The fourth-order valence-electron chi connectivity index (χ4n) is 3.98. The van der Waals surface area contributed by atoms with Gasteiger partial charge in [-0.15, -0.1) is 0 Å². The number of ether oxygens (including phenoxy) is 1. The molecule has 0 bridgehead atoms. The largest absolute Gasteiger partial charge is 0.463 e. The smallest absolute Gasteiger partial charge is 0.338 e. The molecule has 4 rings (SSSR count). The van der Waals surface area contributed by atoms with Crippen LogP contribution in [0.5, 0.6) is 0 Å². The van der Waals surface area contributed by atoms with E-state index in [9.17, 15) is 9.59 Å². The Bertz CT molecular complexity index is 1440. The van der Waals surface area contributed by atoms with Crippen molar-refractivity contribution in [3.05, 3.63) is 101 Å². The Balaban J connectivity index is 1.88. The summed E-state index contributed by atoms with van der Waals surface area (Å²) in [7, 11) is 0. The number of hydrogen-bond donors (Lipinski definition) is 0. The van der Waals surface area contributed by atoms with Crippen molar-refractivity contribution in [2.24, 2.45) is 4.99 Å². The van der Waals surface area contributed by atoms with Crippen LogP contribution in [0.15, 0.2) is 69.6 Å². The van der Waals surface area contributed by atoms with Gasteiger partial charge in [0, 0.05) is 5.02 Å². The minimum atomic E-state index is -0.641. The van der Waals surface area contributed by atoms with E-state index in [-0.39, 0.29) is 17.6 Å². The number of thiazole rings is 1. The first-order valence-corrected chi connectivity index (χ1v) is 12.3. The average Bonchev–Trinajstić information content (AvgIpc) is 3.08. The monoisotopic (exact) mass is 494 g/mol. The van der Waals surface area contributed by atoms with Crippen LogP contribution in [0.1, 0.15) is 57.4 Å². The zero-order valence-corrected chi connectivity index (χ0v) is 21.5. The maximum atomic E-state index is 13.6. The third-order valence-corrected chi connectivity index (χ3v) is 7.01. The summed E-state index contributed by atoms with van der Waals surface area (Å²) in [5.41, 5.74) is 3.68. The number of nitrogens with zero attached hydrogens (tertiary/aromatic N) is 2. The number of esters is 1. The molecule has 2 heterocycles. The lowest BCUT2D eigenvalue weighted by Crippen LogP contribution is -2.39. The van der Waals surface area contributed by atoms with Gasteiger partial charge in [-0.2, -0.15) is 0 Å². The second-order valence-electron chi connectivity index (χ2n) is 9.23. The van der Waals surface area contributed by atoms with Gasteiger partial charge in [-0.05, 0) is 54.2 Å². The molecule has 0 spiro atoms. The molecule has 0 aliphatic carbocycles. The van der Waals surface area contributed by atoms with Gasteiger partial charge < -0.3 is 4.74 Å². The Morgan fingerprint density at radius 1 is 1.15 bits per heavy atom. The fraction of sp³-hybridized carbons (Fsp3) is 0.296. The Kier molecular flexibility index (Phi) is 6.65. The van der Waals surface area contributed by atoms with Gasteiger partial charge in [0.2, 0.25) is 0 Å². The van der Waals surface area contributed by atoms with Crippen molar-refractivity contribution in [1.82, 2.24) is 4.57 Å². The first-order chi connectivity index (χ1) is 16.1. The number of carbonyl (C=O) groups is 1. The van der Waals surface area contributed by atoms with Crippen LogP contribution in [0.4, 0.5) is 0 Å². The minimum Gasteiger partial charge on any atom is -0.463 e. The maximum absolute atomic E-state index is 13.6. The summed E-state index contributed by atoms with van der Waals surface area (Å²) < 4.78 is 7.46. The number of halogens is 1. The quantitative estimate of drug-likeness (QED) is 0.492. The molecule has 1 aliphatic heterocycles. The van der Waals surface area contributed by atoms with Gasteiger partial charge >= 0.3 is 5.97 Å². The topological polar surface area (TPSA) is 60.7 Å². The summed E-state index contributed by atoms with van der Waals surface area (Å²) in [6, 6.07) is 14.7. The van der Waals surface area contributed by atoms with E-state index >= 15 is 0 Å². The molecule has 2 aromatic carbocycles. The lowest BCUT2D eigenvalue weighted by Gasteiger charge is -2.24. The minimum absolute atomic E-state index is 0.0531. The molecule has 1 atom stereocenters. The molecule has 0 amide bonds. The lowest BCUT2D eigenvalue weighted by molar-refractivity contribution is -0.139. The molecule has 0 saturated heterocycles. The fourth-order valence-corrected chi connectivity index (χ4v) is 5.16. The molecule has 0 radical (unpaired) electrons. The average molecular weight is 495 g/mol. The third kappa shape index (κ3) is 4.65. The lowest BCUT2D eigenvalue weighted by atomic mass is 9.87. The van der Waals surface area contributed by atoms with E-state index in [2.05, 4.69) is 37.9 Å². The molecule has 176 valence electrons. The van der Waals surface area contributed by atoms with Gasteiger partial charge in [-0.1, -0.05) is 80.1 Å². The molecular weight excluding hydrogens is 468 g/mol. The number of carbonyl (C=O) groups excluding carboxylic acids is 1. The van der Waals surface area contributed by atoms with Gasteiger partial charge in [0.25, 0.3) is 5.56 Å². The summed E-state index contributed by atoms with van der Waals surface area (Å²) in [6.45, 7) is 10.3. The molecule has 0 unspecified atom stereocenters. The summed E-state index contributed by atoms with van der Waals surface area (Å²) >= 11 is 7.41. The van der Waals surface area contributed by atoms with Crippen LogP contribution < -0.4 is 14.9 Å². The Hall–Kier alpha value is -2.96. The Labute approximate surface area is 207 Å². The van der Waals surface area contributed by atoms with E-state index in [4.69, 9.17) is 16.3 Å². The van der Waals surface area contributed by atoms with Crippen LogP contribution >= 0.6 is 22.9 Å². The van der Waals surface area contributed by atoms with Crippen molar-refractivity contribution in [1.29, 1.82) is 0 Å². The van der Waals surface area contributed by atoms with Crippen LogP contribution in [0.2, 0.25) is 5.02 Å². The second-order valence-corrected chi connectivity index (χ2v) is 10.7. The van der Waals surface area contributed by atoms with E-state index < -0.39 is 12.0 Å². The van der Waals surface area contributed by atoms with Gasteiger partial charge in [-0.25, -0.2) is 9.79 Å². The SMILES string of the molecule is CCOC(=O)C1=C(C)N=c2s/c(=C/c3ccc(C(C)(C)C)cc3)c(=O)n2[C@H]1c1ccc(Cl)cc1. The predicted molar refractivity (Wildman–Crippen MR) is 137 cm³/mol. The number of allylic oxidation sites excluding steroid dienone is 1. The van der Waals surface area contributed by atoms with Crippen molar-refractivity contribution in [2.75, 3.05) is 6.61 Å². The number of benzene rings is 2. The Morgan fingerprint density at radius 3 is 2.38 bits per heavy atom. The van der Waals surface area contributed by atoms with Crippen LogP contribution in [-0.2, 0) is 14.9 Å². The molecule has 5 nitrogen and oxygen atoms in total. The third-order valence-electron chi connectivity index (χ3n) is 5.78. The number of rotatable bonds is 4. The molecule has 1 aliphatic rings. The number of aromatic nitrogens is 1. The van der Waals surface area contributed by atoms with Gasteiger partial charge in [0.1, 0.15) is 0 Å². The highest BCUT2D eigenvalue weighted by atomic mass is 35.5. The van der Waals surface area contributed by atoms with E-state index in [0.29, 0.717) is 25.6 Å². The predicted octanol–water partition coefficient (Wildman–Crippen LogP) is 4.75. The van der Waals surface area contributed by atoms with Crippen LogP contribution in [0.3, 0.4) is 0 Å². The molecule has 0 fully saturated rings. The van der Waals surface area contributed by atoms with E-state index in [0.717, 1.165) is 11.1 Å². The number of hydrogen-bond acceptors (Lipinski definition) is 5. The van der Waals surface area contributed by atoms with Crippen molar-refractivity contribution >= 4 is 35.0 Å². The van der Waals surface area contributed by atoms with Crippen molar-refractivity contribution in [2.45, 2.75) is 46.1 Å². The molecule has 1 aromatic heterocycles. The van der Waals surface area contributed by atoms with Gasteiger partial charge in [0.05, 0.1) is 28.5 Å². The standard InChI is InChI=1S/C27H27ClN2O3S/c1-6-33-25(32)22-16(2)29-26-30(23(22)18-9-13-20(28)14-10-18)24(31)21(34-26)15-17-7-11-19(12-8-17)27(3,4)5/h7-15,23H,6H2,1-5H3/b21-15+/t23-/m0/s1. The summed E-state index contributed by atoms with van der Waals surface area (Å²) in [5, 5.41) is 0.577. The van der Waals surface area contributed by atoms with Crippen LogP contribution in [0.25, 0.3) is 6.08 Å².